The Labute approximate surface area is 170 Å². The van der Waals surface area contributed by atoms with Crippen molar-refractivity contribution in [2.24, 2.45) is 0 Å². The number of nitrogens with zero attached hydrogens (tertiary/aromatic N) is 3. The number of fused-ring (bicyclic) bond motifs is 2. The van der Waals surface area contributed by atoms with Gasteiger partial charge in [-0.15, -0.1) is 0 Å². The van der Waals surface area contributed by atoms with Gasteiger partial charge >= 0.3 is 11.7 Å². The lowest BCUT2D eigenvalue weighted by Gasteiger charge is -2.05. The number of nitrogens with one attached hydrogen (secondary N) is 1. The van der Waals surface area contributed by atoms with Crippen LogP contribution in [0.4, 0.5) is 0 Å². The third kappa shape index (κ3) is 3.06. The number of aromatic amines is 1. The minimum absolute atomic E-state index is 0.169. The molecule has 5 rings (SSSR count). The van der Waals surface area contributed by atoms with Crippen LogP contribution in [0.2, 0.25) is 0 Å². The molecule has 2 aromatic heterocycles. The Balaban J connectivity index is 1.58. The van der Waals surface area contributed by atoms with Crippen LogP contribution >= 0.6 is 0 Å². The molecule has 148 valence electrons. The lowest BCUT2D eigenvalue weighted by molar-refractivity contribution is 0.0696. The van der Waals surface area contributed by atoms with Gasteiger partial charge in [0.05, 0.1) is 40.7 Å². The highest BCUT2D eigenvalue weighted by molar-refractivity contribution is 5.87. The van der Waals surface area contributed by atoms with Gasteiger partial charge in [0.1, 0.15) is 5.82 Å². The second-order valence-electron chi connectivity index (χ2n) is 7.15. The maximum atomic E-state index is 13.3. The van der Waals surface area contributed by atoms with E-state index in [4.69, 9.17) is 0 Å². The molecule has 0 fully saturated rings. The number of imidazole rings is 2. The third-order valence-electron chi connectivity index (χ3n) is 5.19. The highest BCUT2D eigenvalue weighted by atomic mass is 16.4. The monoisotopic (exact) mass is 398 g/mol. The lowest BCUT2D eigenvalue weighted by atomic mass is 10.1. The topological polar surface area (TPSA) is 92.9 Å². The molecule has 30 heavy (non-hydrogen) atoms. The van der Waals surface area contributed by atoms with Crippen molar-refractivity contribution < 1.29 is 9.90 Å². The number of benzene rings is 3. The molecule has 0 amide bonds. The van der Waals surface area contributed by atoms with Crippen molar-refractivity contribution in [1.29, 1.82) is 0 Å². The molecular formula is C23H18N4O3. The second-order valence-corrected chi connectivity index (χ2v) is 7.15. The smallest absolute Gasteiger partial charge is 0.335 e. The van der Waals surface area contributed by atoms with Gasteiger partial charge in [-0.1, -0.05) is 36.4 Å². The van der Waals surface area contributed by atoms with E-state index in [0.717, 1.165) is 27.6 Å². The third-order valence-corrected chi connectivity index (χ3v) is 5.19. The summed E-state index contributed by atoms with van der Waals surface area (Å²) in [7, 11) is 0. The van der Waals surface area contributed by atoms with Gasteiger partial charge in [0, 0.05) is 0 Å². The first-order chi connectivity index (χ1) is 14.6. The first-order valence-electron chi connectivity index (χ1n) is 9.54. The predicted octanol–water partition coefficient (Wildman–Crippen LogP) is 3.47. The van der Waals surface area contributed by atoms with Crippen molar-refractivity contribution in [2.75, 3.05) is 0 Å². The molecule has 2 heterocycles. The summed E-state index contributed by atoms with van der Waals surface area (Å²) in [5.41, 5.74) is 4.16. The molecule has 0 bridgehead atoms. The summed E-state index contributed by atoms with van der Waals surface area (Å²) in [4.78, 5) is 32.4. The van der Waals surface area contributed by atoms with Crippen molar-refractivity contribution >= 4 is 28.0 Å². The van der Waals surface area contributed by atoms with Crippen molar-refractivity contribution in [3.63, 3.8) is 0 Å². The number of carboxylic acids is 1. The highest BCUT2D eigenvalue weighted by Crippen LogP contribution is 2.17. The van der Waals surface area contributed by atoms with Crippen LogP contribution in [0.3, 0.4) is 0 Å². The molecule has 0 atom stereocenters. The van der Waals surface area contributed by atoms with Crippen LogP contribution in [0.25, 0.3) is 22.1 Å². The minimum Gasteiger partial charge on any atom is -0.478 e. The number of para-hydroxylation sites is 4. The summed E-state index contributed by atoms with van der Waals surface area (Å²) in [5, 5.41) is 9.25. The average Bonchev–Trinajstić information content (AvgIpc) is 3.28. The number of aromatic carboxylic acids is 1. The Hall–Kier alpha value is -4.13. The van der Waals surface area contributed by atoms with Gasteiger partial charge < -0.3 is 10.1 Å². The summed E-state index contributed by atoms with van der Waals surface area (Å²) >= 11 is 0. The Morgan fingerprint density at radius 2 is 1.60 bits per heavy atom. The van der Waals surface area contributed by atoms with Crippen LogP contribution in [-0.4, -0.2) is 30.2 Å². The fraction of sp³-hybridized carbons (Fsp3) is 0.0870. The summed E-state index contributed by atoms with van der Waals surface area (Å²) in [6, 6.07) is 22.0. The minimum atomic E-state index is -0.989. The van der Waals surface area contributed by atoms with Crippen LogP contribution in [0.1, 0.15) is 21.7 Å². The molecule has 0 unspecified atom stereocenters. The molecule has 2 N–H and O–H groups in total. The van der Waals surface area contributed by atoms with Gasteiger partial charge in [0.25, 0.3) is 0 Å². The van der Waals surface area contributed by atoms with E-state index in [9.17, 15) is 14.7 Å². The number of carboxylic acid groups (broad SMARTS) is 1. The molecule has 5 aromatic rings. The molecule has 0 radical (unpaired) electrons. The Kier molecular flexibility index (Phi) is 4.21. The van der Waals surface area contributed by atoms with Gasteiger partial charge in [-0.3, -0.25) is 9.13 Å². The van der Waals surface area contributed by atoms with Crippen LogP contribution in [-0.2, 0) is 13.1 Å². The first-order valence-corrected chi connectivity index (χ1v) is 9.54. The van der Waals surface area contributed by atoms with Crippen LogP contribution in [0.15, 0.2) is 77.6 Å². The zero-order valence-electron chi connectivity index (χ0n) is 15.9. The van der Waals surface area contributed by atoms with E-state index >= 15 is 0 Å². The van der Waals surface area contributed by atoms with Gasteiger partial charge in [-0.05, 0) is 42.0 Å². The molecule has 7 nitrogen and oxygen atoms in total. The van der Waals surface area contributed by atoms with E-state index in [1.54, 1.807) is 27.3 Å². The van der Waals surface area contributed by atoms with E-state index in [1.165, 1.54) is 0 Å². The van der Waals surface area contributed by atoms with Crippen molar-refractivity contribution in [3.05, 3.63) is 100 Å². The van der Waals surface area contributed by atoms with Crippen LogP contribution in [0, 0.1) is 0 Å². The van der Waals surface area contributed by atoms with Crippen LogP contribution in [0.5, 0.6) is 0 Å². The fourth-order valence-corrected chi connectivity index (χ4v) is 3.79. The molecular weight excluding hydrogens is 380 g/mol. The molecule has 7 heteroatoms. The normalized spacial score (nSPS) is 11.3. The zero-order chi connectivity index (χ0) is 20.7. The average molecular weight is 398 g/mol. The Morgan fingerprint density at radius 1 is 0.900 bits per heavy atom. The highest BCUT2D eigenvalue weighted by Gasteiger charge is 2.15. The maximum Gasteiger partial charge on any atom is 0.335 e. The van der Waals surface area contributed by atoms with E-state index in [2.05, 4.69) is 9.97 Å². The number of hydrogen-bond acceptors (Lipinski definition) is 3. The molecule has 0 aliphatic carbocycles. The standard InChI is InChI=1S/C23H18N4O3/c28-22(29)16-7-5-6-15(12-16)13-26-19-10-3-4-11-20(19)27(23(26)30)14-21-24-17-8-1-2-9-18(17)25-21/h1-12H,13-14H2,(H,24,25)(H,28,29). The second kappa shape index (κ2) is 7.04. The van der Waals surface area contributed by atoms with Crippen LogP contribution < -0.4 is 5.69 Å². The quantitative estimate of drug-likeness (QED) is 0.474. The number of H-pyrrole nitrogens is 1. The van der Waals surface area contributed by atoms with E-state index in [-0.39, 0.29) is 17.8 Å². The molecule has 0 spiro atoms. The van der Waals surface area contributed by atoms with Crippen molar-refractivity contribution in [3.8, 4) is 0 Å². The summed E-state index contributed by atoms with van der Waals surface area (Å²) < 4.78 is 3.35. The fourth-order valence-electron chi connectivity index (χ4n) is 3.79. The zero-order valence-corrected chi connectivity index (χ0v) is 15.9. The van der Waals surface area contributed by atoms with Gasteiger partial charge in [-0.2, -0.15) is 0 Å². The molecule has 0 aliphatic rings. The Bertz CT molecular complexity index is 1430. The van der Waals surface area contributed by atoms with E-state index in [0.29, 0.717) is 12.4 Å². The van der Waals surface area contributed by atoms with Gasteiger partial charge in [0.2, 0.25) is 0 Å². The van der Waals surface area contributed by atoms with E-state index in [1.807, 2.05) is 54.6 Å². The summed E-state index contributed by atoms with van der Waals surface area (Å²) in [6.45, 7) is 0.601. The number of rotatable bonds is 5. The summed E-state index contributed by atoms with van der Waals surface area (Å²) in [5.74, 6) is -0.286. The predicted molar refractivity (Wildman–Crippen MR) is 114 cm³/mol. The lowest BCUT2D eigenvalue weighted by Crippen LogP contribution is -2.25. The largest absolute Gasteiger partial charge is 0.478 e. The van der Waals surface area contributed by atoms with E-state index < -0.39 is 5.97 Å². The molecule has 0 saturated carbocycles. The van der Waals surface area contributed by atoms with Crippen molar-refractivity contribution in [2.45, 2.75) is 13.1 Å². The Morgan fingerprint density at radius 3 is 2.33 bits per heavy atom. The molecule has 3 aromatic carbocycles. The maximum absolute atomic E-state index is 13.3. The number of hydrogen-bond donors (Lipinski definition) is 2. The van der Waals surface area contributed by atoms with Gasteiger partial charge in [-0.25, -0.2) is 14.6 Å². The number of carbonyl (C=O) groups is 1. The van der Waals surface area contributed by atoms with Gasteiger partial charge in [0.15, 0.2) is 0 Å². The first kappa shape index (κ1) is 17.9. The molecule has 0 saturated heterocycles. The summed E-state index contributed by atoms with van der Waals surface area (Å²) in [6.07, 6.45) is 0. The number of aromatic nitrogens is 4. The SMILES string of the molecule is O=C(O)c1cccc(Cn2c(=O)n(Cc3nc4ccccc4[nH]3)c3ccccc32)c1. The van der Waals surface area contributed by atoms with Crippen molar-refractivity contribution in [1.82, 2.24) is 19.1 Å². The molecule has 0 aliphatic heterocycles.